The van der Waals surface area contributed by atoms with Crippen molar-refractivity contribution in [2.75, 3.05) is 6.54 Å². The minimum absolute atomic E-state index is 0.430. The molecule has 0 bridgehead atoms. The van der Waals surface area contributed by atoms with Gasteiger partial charge in [0.25, 0.3) is 0 Å². The average molecular weight is 359 g/mol. The summed E-state index contributed by atoms with van der Waals surface area (Å²) in [7, 11) is 0. The third kappa shape index (κ3) is 5.06. The van der Waals surface area contributed by atoms with E-state index in [2.05, 4.69) is 12.2 Å². The summed E-state index contributed by atoms with van der Waals surface area (Å²) in [5, 5.41) is 5.13. The molecule has 2 aromatic rings. The van der Waals surface area contributed by atoms with Crippen molar-refractivity contribution in [1.29, 1.82) is 0 Å². The van der Waals surface area contributed by atoms with E-state index in [9.17, 15) is 0 Å². The highest BCUT2D eigenvalue weighted by Gasteiger charge is 2.06. The summed E-state index contributed by atoms with van der Waals surface area (Å²) in [5.41, 5.74) is 2.01. The molecule has 2 rings (SSSR count). The minimum atomic E-state index is 0.430. The fraction of sp³-hybridized carbons (Fsp3) is 0.294. The van der Waals surface area contributed by atoms with Crippen LogP contribution in [0.2, 0.25) is 15.1 Å². The lowest BCUT2D eigenvalue weighted by Gasteiger charge is -2.13. The normalized spacial score (nSPS) is 10.7. The van der Waals surface area contributed by atoms with Gasteiger partial charge in [-0.2, -0.15) is 0 Å². The number of ether oxygens (including phenoxy) is 1. The quantitative estimate of drug-likeness (QED) is 0.639. The molecule has 2 nitrogen and oxygen atoms in total. The third-order valence-electron chi connectivity index (χ3n) is 3.14. The van der Waals surface area contributed by atoms with Gasteiger partial charge >= 0.3 is 0 Å². The molecule has 0 aliphatic heterocycles. The number of nitrogens with one attached hydrogen (secondary N) is 1. The molecule has 2 aromatic carbocycles. The molecule has 0 fully saturated rings. The lowest BCUT2D eigenvalue weighted by molar-refractivity contribution is 0.302. The van der Waals surface area contributed by atoms with Crippen molar-refractivity contribution in [1.82, 2.24) is 5.32 Å². The van der Waals surface area contributed by atoms with Crippen LogP contribution < -0.4 is 10.1 Å². The lowest BCUT2D eigenvalue weighted by Crippen LogP contribution is -2.14. The van der Waals surface area contributed by atoms with Gasteiger partial charge in [-0.3, -0.25) is 0 Å². The maximum absolute atomic E-state index is 6.07. The molecule has 0 aliphatic carbocycles. The van der Waals surface area contributed by atoms with Crippen LogP contribution in [0.1, 0.15) is 24.5 Å². The van der Waals surface area contributed by atoms with Crippen molar-refractivity contribution >= 4 is 34.8 Å². The van der Waals surface area contributed by atoms with E-state index in [1.165, 1.54) is 0 Å². The van der Waals surface area contributed by atoms with Crippen LogP contribution in [0.3, 0.4) is 0 Å². The maximum atomic E-state index is 6.07. The van der Waals surface area contributed by atoms with Crippen LogP contribution in [0.4, 0.5) is 0 Å². The van der Waals surface area contributed by atoms with Crippen molar-refractivity contribution < 1.29 is 4.74 Å². The monoisotopic (exact) mass is 357 g/mol. The van der Waals surface area contributed by atoms with Gasteiger partial charge in [0.1, 0.15) is 12.4 Å². The second-order valence-corrected chi connectivity index (χ2v) is 6.22. The van der Waals surface area contributed by atoms with Gasteiger partial charge in [-0.1, -0.05) is 47.8 Å². The first-order valence-corrected chi connectivity index (χ1v) is 8.29. The Balaban J connectivity index is 2.06. The van der Waals surface area contributed by atoms with Crippen LogP contribution >= 0.6 is 34.8 Å². The zero-order valence-electron chi connectivity index (χ0n) is 12.3. The van der Waals surface area contributed by atoms with Gasteiger partial charge in [-0.05, 0) is 48.9 Å². The molecule has 0 spiro atoms. The van der Waals surface area contributed by atoms with Crippen molar-refractivity contribution in [3.63, 3.8) is 0 Å². The first-order chi connectivity index (χ1) is 10.6. The Morgan fingerprint density at radius 3 is 2.55 bits per heavy atom. The zero-order valence-corrected chi connectivity index (χ0v) is 14.6. The number of halogens is 3. The summed E-state index contributed by atoms with van der Waals surface area (Å²) in [6, 6.07) is 11.1. The molecule has 0 radical (unpaired) electrons. The average Bonchev–Trinajstić information content (AvgIpc) is 2.50. The van der Waals surface area contributed by atoms with Crippen molar-refractivity contribution in [2.45, 2.75) is 26.5 Å². The van der Waals surface area contributed by atoms with Gasteiger partial charge in [0, 0.05) is 17.1 Å². The largest absolute Gasteiger partial charge is 0.489 e. The van der Waals surface area contributed by atoms with E-state index in [1.54, 1.807) is 6.07 Å². The Morgan fingerprint density at radius 1 is 1.00 bits per heavy atom. The van der Waals surface area contributed by atoms with Crippen molar-refractivity contribution in [3.05, 3.63) is 62.6 Å². The second kappa shape index (κ2) is 8.64. The predicted molar refractivity (Wildman–Crippen MR) is 94.2 cm³/mol. The number of hydrogen-bond acceptors (Lipinski definition) is 2. The van der Waals surface area contributed by atoms with Crippen LogP contribution in [0.25, 0.3) is 0 Å². The van der Waals surface area contributed by atoms with Gasteiger partial charge in [0.2, 0.25) is 0 Å². The fourth-order valence-electron chi connectivity index (χ4n) is 2.02. The molecular formula is C17H18Cl3NO. The summed E-state index contributed by atoms with van der Waals surface area (Å²) in [5.74, 6) is 0.819. The van der Waals surface area contributed by atoms with E-state index in [1.807, 2.05) is 30.3 Å². The van der Waals surface area contributed by atoms with E-state index in [-0.39, 0.29) is 0 Å². The van der Waals surface area contributed by atoms with Gasteiger partial charge in [0.05, 0.1) is 10.0 Å². The van der Waals surface area contributed by atoms with Gasteiger partial charge in [-0.25, -0.2) is 0 Å². The molecule has 0 amide bonds. The molecule has 0 saturated carbocycles. The van der Waals surface area contributed by atoms with E-state index in [4.69, 9.17) is 39.5 Å². The van der Waals surface area contributed by atoms with Crippen molar-refractivity contribution in [2.24, 2.45) is 0 Å². The first-order valence-electron chi connectivity index (χ1n) is 7.16. The molecule has 0 atom stereocenters. The van der Waals surface area contributed by atoms with E-state index in [0.717, 1.165) is 36.4 Å². The van der Waals surface area contributed by atoms with Crippen LogP contribution in [0, 0.1) is 0 Å². The lowest BCUT2D eigenvalue weighted by atomic mass is 10.2. The van der Waals surface area contributed by atoms with E-state index >= 15 is 0 Å². The number of benzene rings is 2. The van der Waals surface area contributed by atoms with Crippen molar-refractivity contribution in [3.8, 4) is 5.75 Å². The minimum Gasteiger partial charge on any atom is -0.489 e. The highest BCUT2D eigenvalue weighted by atomic mass is 35.5. The van der Waals surface area contributed by atoms with Gasteiger partial charge < -0.3 is 10.1 Å². The van der Waals surface area contributed by atoms with Crippen LogP contribution in [0.5, 0.6) is 5.75 Å². The molecule has 0 aromatic heterocycles. The Morgan fingerprint density at radius 2 is 1.82 bits per heavy atom. The fourth-order valence-corrected chi connectivity index (χ4v) is 2.53. The molecule has 22 heavy (non-hydrogen) atoms. The van der Waals surface area contributed by atoms with E-state index < -0.39 is 0 Å². The van der Waals surface area contributed by atoms with Crippen LogP contribution in [0.15, 0.2) is 36.4 Å². The standard InChI is InChI=1S/C17H18Cl3NO/c1-2-7-21-10-13-9-14(18)4-6-17(13)22-11-12-3-5-15(19)16(20)8-12/h3-6,8-9,21H,2,7,10-11H2,1H3. The summed E-state index contributed by atoms with van der Waals surface area (Å²) >= 11 is 18.0. The van der Waals surface area contributed by atoms with E-state index in [0.29, 0.717) is 21.7 Å². The van der Waals surface area contributed by atoms with Gasteiger partial charge in [0.15, 0.2) is 0 Å². The molecular weight excluding hydrogens is 341 g/mol. The summed E-state index contributed by atoms with van der Waals surface area (Å²) in [6.07, 6.45) is 1.08. The van der Waals surface area contributed by atoms with Gasteiger partial charge in [-0.15, -0.1) is 0 Å². The van der Waals surface area contributed by atoms with Crippen LogP contribution in [-0.2, 0) is 13.2 Å². The molecule has 0 heterocycles. The SMILES string of the molecule is CCCNCc1cc(Cl)ccc1OCc1ccc(Cl)c(Cl)c1. The highest BCUT2D eigenvalue weighted by molar-refractivity contribution is 6.42. The topological polar surface area (TPSA) is 21.3 Å². The maximum Gasteiger partial charge on any atom is 0.124 e. The smallest absolute Gasteiger partial charge is 0.124 e. The molecule has 118 valence electrons. The Kier molecular flexibility index (Phi) is 6.84. The van der Waals surface area contributed by atoms with Crippen LogP contribution in [-0.4, -0.2) is 6.54 Å². The summed E-state index contributed by atoms with van der Waals surface area (Å²) in [4.78, 5) is 0. The number of rotatable bonds is 7. The molecule has 0 aliphatic rings. The first kappa shape index (κ1) is 17.4. The molecule has 1 N–H and O–H groups in total. The Bertz CT molecular complexity index is 631. The third-order valence-corrected chi connectivity index (χ3v) is 4.12. The highest BCUT2D eigenvalue weighted by Crippen LogP contribution is 2.26. The predicted octanol–water partition coefficient (Wildman–Crippen LogP) is 5.73. The number of hydrogen-bond donors (Lipinski definition) is 1. The second-order valence-electron chi connectivity index (χ2n) is 4.97. The summed E-state index contributed by atoms with van der Waals surface area (Å²) in [6.45, 7) is 4.25. The Hall–Kier alpha value is -0.930. The Labute approximate surface area is 146 Å². The zero-order chi connectivity index (χ0) is 15.9. The molecule has 5 heteroatoms. The summed E-state index contributed by atoms with van der Waals surface area (Å²) < 4.78 is 5.90. The molecule has 0 saturated heterocycles. The molecule has 0 unspecified atom stereocenters.